The topological polar surface area (TPSA) is 12.9 Å². The fourth-order valence-electron chi connectivity index (χ4n) is 0.617. The van der Waals surface area contributed by atoms with Crippen molar-refractivity contribution in [2.45, 2.75) is 6.18 Å². The van der Waals surface area contributed by atoms with Crippen LogP contribution in [0, 0.1) is 5.82 Å². The van der Waals surface area contributed by atoms with Crippen molar-refractivity contribution < 1.29 is 17.6 Å². The van der Waals surface area contributed by atoms with Crippen LogP contribution in [0.25, 0.3) is 0 Å². The van der Waals surface area contributed by atoms with Gasteiger partial charge in [-0.2, -0.15) is 13.2 Å². The van der Waals surface area contributed by atoms with Crippen LogP contribution in [0.2, 0.25) is 0 Å². The number of hydrogen-bond donors (Lipinski definition) is 0. The molecule has 1 aromatic heterocycles. The molecule has 12 heavy (non-hydrogen) atoms. The largest absolute Gasteiger partial charge is 0.436 e. The Morgan fingerprint density at radius 3 is 2.25 bits per heavy atom. The van der Waals surface area contributed by atoms with E-state index in [1.807, 2.05) is 0 Å². The summed E-state index contributed by atoms with van der Waals surface area (Å²) in [6.07, 6.45) is -4.74. The first-order chi connectivity index (χ1) is 5.41. The summed E-state index contributed by atoms with van der Waals surface area (Å²) in [5.41, 5.74) is -1.50. The van der Waals surface area contributed by atoms with Crippen LogP contribution in [0.5, 0.6) is 0 Å². The van der Waals surface area contributed by atoms with Gasteiger partial charge in [0.15, 0.2) is 11.5 Å². The average Bonchev–Trinajstić information content (AvgIpc) is 1.92. The van der Waals surface area contributed by atoms with Crippen molar-refractivity contribution in [3.05, 3.63) is 28.2 Å². The van der Waals surface area contributed by atoms with Crippen molar-refractivity contribution in [3.8, 4) is 0 Å². The molecule has 6 heteroatoms. The summed E-state index contributed by atoms with van der Waals surface area (Å²) in [6, 6.07) is 1.81. The first kappa shape index (κ1) is 9.44. The number of pyridine rings is 1. The highest BCUT2D eigenvalue weighted by Gasteiger charge is 2.36. The molecule has 0 spiro atoms. The maximum absolute atomic E-state index is 12.5. The highest BCUT2D eigenvalue weighted by molar-refractivity contribution is 9.10. The molecule has 1 aromatic rings. The molecule has 0 unspecified atom stereocenters. The fourth-order valence-corrected chi connectivity index (χ4v) is 0.927. The summed E-state index contributed by atoms with van der Waals surface area (Å²) >= 11 is 2.71. The molecule has 0 aliphatic rings. The monoisotopic (exact) mass is 243 g/mol. The van der Waals surface area contributed by atoms with E-state index in [2.05, 4.69) is 20.9 Å². The van der Waals surface area contributed by atoms with Crippen LogP contribution in [0.1, 0.15) is 5.69 Å². The average molecular weight is 244 g/mol. The second-order valence-corrected chi connectivity index (χ2v) is 2.77. The Morgan fingerprint density at radius 1 is 1.25 bits per heavy atom. The Bertz CT molecular complexity index is 296. The summed E-state index contributed by atoms with van der Waals surface area (Å²) in [4.78, 5) is 2.96. The number of nitrogens with zero attached hydrogens (tertiary/aromatic N) is 1. The molecular formula is C6H2BrF4N. The maximum atomic E-state index is 12.5. The standard InChI is InChI=1S/C6H2BrF4N/c7-4-2-1-3(8)5(12-4)6(9,10)11/h1-2H. The molecule has 1 nitrogen and oxygen atoms in total. The predicted octanol–water partition coefficient (Wildman–Crippen LogP) is 3.00. The summed E-state index contributed by atoms with van der Waals surface area (Å²) in [5, 5.41) is 0. The van der Waals surface area contributed by atoms with E-state index in [9.17, 15) is 17.6 Å². The molecule has 0 bridgehead atoms. The molecule has 0 atom stereocenters. The minimum atomic E-state index is -4.74. The molecule has 0 N–H and O–H groups in total. The lowest BCUT2D eigenvalue weighted by Crippen LogP contribution is -2.10. The van der Waals surface area contributed by atoms with Gasteiger partial charge in [0.25, 0.3) is 0 Å². The van der Waals surface area contributed by atoms with E-state index >= 15 is 0 Å². The zero-order valence-electron chi connectivity index (χ0n) is 5.49. The lowest BCUT2D eigenvalue weighted by Gasteiger charge is -2.05. The quantitative estimate of drug-likeness (QED) is 0.505. The van der Waals surface area contributed by atoms with E-state index < -0.39 is 17.7 Å². The molecule has 1 heterocycles. The Morgan fingerprint density at radius 2 is 1.83 bits per heavy atom. The molecule has 0 saturated heterocycles. The van der Waals surface area contributed by atoms with Crippen LogP contribution in [0.3, 0.4) is 0 Å². The molecule has 0 fully saturated rings. The molecule has 0 aliphatic carbocycles. The molecule has 0 aromatic carbocycles. The summed E-state index contributed by atoms with van der Waals surface area (Å²) in [5.74, 6) is -1.37. The van der Waals surface area contributed by atoms with Crippen LogP contribution < -0.4 is 0 Å². The third-order valence-corrected chi connectivity index (χ3v) is 1.52. The Labute approximate surface area is 73.5 Å². The van der Waals surface area contributed by atoms with Gasteiger partial charge in [0, 0.05) is 0 Å². The van der Waals surface area contributed by atoms with E-state index in [0.717, 1.165) is 6.07 Å². The third kappa shape index (κ3) is 1.94. The zero-order valence-corrected chi connectivity index (χ0v) is 7.08. The van der Waals surface area contributed by atoms with Crippen molar-refractivity contribution in [3.63, 3.8) is 0 Å². The van der Waals surface area contributed by atoms with Crippen LogP contribution in [-0.4, -0.2) is 4.98 Å². The molecule has 0 aliphatic heterocycles. The van der Waals surface area contributed by atoms with E-state index in [-0.39, 0.29) is 4.60 Å². The predicted molar refractivity (Wildman–Crippen MR) is 36.9 cm³/mol. The van der Waals surface area contributed by atoms with E-state index in [4.69, 9.17) is 0 Å². The summed E-state index contributed by atoms with van der Waals surface area (Å²) in [6.45, 7) is 0. The van der Waals surface area contributed by atoms with Gasteiger partial charge in [-0.05, 0) is 28.1 Å². The number of rotatable bonds is 0. The summed E-state index contributed by atoms with van der Waals surface area (Å²) in [7, 11) is 0. The number of aromatic nitrogens is 1. The van der Waals surface area contributed by atoms with E-state index in [0.29, 0.717) is 6.07 Å². The molecule has 1 rings (SSSR count). The van der Waals surface area contributed by atoms with Gasteiger partial charge in [-0.1, -0.05) is 0 Å². The molecule has 66 valence electrons. The SMILES string of the molecule is Fc1ccc(Br)nc1C(F)(F)F. The van der Waals surface area contributed by atoms with Crippen LogP contribution in [-0.2, 0) is 6.18 Å². The first-order valence-corrected chi connectivity index (χ1v) is 3.60. The minimum absolute atomic E-state index is 0.0452. The van der Waals surface area contributed by atoms with Crippen molar-refractivity contribution >= 4 is 15.9 Å². The van der Waals surface area contributed by atoms with Gasteiger partial charge in [-0.25, -0.2) is 9.37 Å². The van der Waals surface area contributed by atoms with E-state index in [1.54, 1.807) is 0 Å². The van der Waals surface area contributed by atoms with Gasteiger partial charge in [-0.3, -0.25) is 0 Å². The third-order valence-electron chi connectivity index (χ3n) is 1.08. The second-order valence-electron chi connectivity index (χ2n) is 1.96. The normalized spacial score (nSPS) is 11.8. The Hall–Kier alpha value is -0.650. The Kier molecular flexibility index (Phi) is 2.36. The van der Waals surface area contributed by atoms with Gasteiger partial charge >= 0.3 is 6.18 Å². The number of halogens is 5. The van der Waals surface area contributed by atoms with Crippen LogP contribution >= 0.6 is 15.9 Å². The lowest BCUT2D eigenvalue weighted by atomic mass is 10.3. The molecule has 0 radical (unpaired) electrons. The highest BCUT2D eigenvalue weighted by atomic mass is 79.9. The van der Waals surface area contributed by atoms with Crippen LogP contribution in [0.15, 0.2) is 16.7 Å². The minimum Gasteiger partial charge on any atom is -0.233 e. The van der Waals surface area contributed by atoms with Gasteiger partial charge in [-0.15, -0.1) is 0 Å². The van der Waals surface area contributed by atoms with Crippen molar-refractivity contribution in [2.24, 2.45) is 0 Å². The fraction of sp³-hybridized carbons (Fsp3) is 0.167. The molecular weight excluding hydrogens is 242 g/mol. The van der Waals surface area contributed by atoms with Gasteiger partial charge in [0.1, 0.15) is 4.60 Å². The van der Waals surface area contributed by atoms with Crippen LogP contribution in [0.4, 0.5) is 17.6 Å². The zero-order chi connectivity index (χ0) is 9.35. The number of hydrogen-bond acceptors (Lipinski definition) is 1. The smallest absolute Gasteiger partial charge is 0.233 e. The van der Waals surface area contributed by atoms with Crippen molar-refractivity contribution in [1.82, 2.24) is 4.98 Å². The van der Waals surface area contributed by atoms with Crippen molar-refractivity contribution in [1.29, 1.82) is 0 Å². The van der Waals surface area contributed by atoms with Gasteiger partial charge in [0.2, 0.25) is 0 Å². The lowest BCUT2D eigenvalue weighted by molar-refractivity contribution is -0.143. The molecule has 0 saturated carbocycles. The summed E-state index contributed by atoms with van der Waals surface area (Å²) < 4.78 is 48.1. The number of alkyl halides is 3. The van der Waals surface area contributed by atoms with Crippen molar-refractivity contribution in [2.75, 3.05) is 0 Å². The Balaban J connectivity index is 3.23. The van der Waals surface area contributed by atoms with Gasteiger partial charge < -0.3 is 0 Å². The van der Waals surface area contributed by atoms with Gasteiger partial charge in [0.05, 0.1) is 0 Å². The maximum Gasteiger partial charge on any atom is 0.436 e. The highest BCUT2D eigenvalue weighted by Crippen LogP contribution is 2.30. The first-order valence-electron chi connectivity index (χ1n) is 2.80. The second kappa shape index (κ2) is 3.01. The van der Waals surface area contributed by atoms with E-state index in [1.165, 1.54) is 0 Å². The molecule has 0 amide bonds.